The van der Waals surface area contributed by atoms with Gasteiger partial charge in [0.2, 0.25) is 0 Å². The Bertz CT molecular complexity index is 418. The maximum atomic E-state index is 12.3. The second-order valence-electron chi connectivity index (χ2n) is 3.67. The number of hydrogen-bond donors (Lipinski definition) is 0. The van der Waals surface area contributed by atoms with Gasteiger partial charge in [-0.05, 0) is 18.2 Å². The zero-order valence-electron chi connectivity index (χ0n) is 9.99. The minimum absolute atomic E-state index is 0.0592. The molecular formula is C12H13Cl2F2NO2. The van der Waals surface area contributed by atoms with Crippen LogP contribution < -0.4 is 4.74 Å². The molecule has 3 nitrogen and oxygen atoms in total. The van der Waals surface area contributed by atoms with Gasteiger partial charge in [-0.1, -0.05) is 17.7 Å². The lowest BCUT2D eigenvalue weighted by atomic mass is 10.3. The summed E-state index contributed by atoms with van der Waals surface area (Å²) in [6.07, 6.45) is -2.60. The SMILES string of the molecule is O=C(COc1cccc(Cl)c1)N(CCCl)CC(F)F. The molecule has 0 spiro atoms. The second kappa shape index (κ2) is 8.17. The molecule has 0 aliphatic heterocycles. The minimum Gasteiger partial charge on any atom is -0.484 e. The Kier molecular flexibility index (Phi) is 6.87. The molecule has 0 heterocycles. The molecule has 0 radical (unpaired) electrons. The quantitative estimate of drug-likeness (QED) is 0.724. The van der Waals surface area contributed by atoms with Gasteiger partial charge in [0.05, 0.1) is 6.54 Å². The molecule has 0 aliphatic rings. The van der Waals surface area contributed by atoms with Crippen LogP contribution in [0.15, 0.2) is 24.3 Å². The van der Waals surface area contributed by atoms with Gasteiger partial charge in [0, 0.05) is 17.4 Å². The normalized spacial score (nSPS) is 10.6. The van der Waals surface area contributed by atoms with Gasteiger partial charge in [-0.2, -0.15) is 0 Å². The first kappa shape index (κ1) is 16.0. The van der Waals surface area contributed by atoms with E-state index < -0.39 is 18.9 Å². The molecule has 7 heteroatoms. The highest BCUT2D eigenvalue weighted by atomic mass is 35.5. The van der Waals surface area contributed by atoms with Gasteiger partial charge in [-0.3, -0.25) is 4.79 Å². The van der Waals surface area contributed by atoms with E-state index in [1.807, 2.05) is 0 Å². The average molecular weight is 312 g/mol. The Morgan fingerprint density at radius 2 is 2.16 bits per heavy atom. The minimum atomic E-state index is -2.60. The third-order valence-corrected chi connectivity index (χ3v) is 2.63. The van der Waals surface area contributed by atoms with Crippen molar-refractivity contribution in [3.05, 3.63) is 29.3 Å². The topological polar surface area (TPSA) is 29.5 Å². The summed E-state index contributed by atoms with van der Waals surface area (Å²) in [4.78, 5) is 12.7. The molecule has 0 atom stereocenters. The summed E-state index contributed by atoms with van der Waals surface area (Å²) in [7, 11) is 0. The molecule has 0 fully saturated rings. The molecule has 106 valence electrons. The Balaban J connectivity index is 2.52. The summed E-state index contributed by atoms with van der Waals surface area (Å²) >= 11 is 11.2. The Hall–Kier alpha value is -1.07. The summed E-state index contributed by atoms with van der Waals surface area (Å²) in [6, 6.07) is 6.48. The standard InChI is InChI=1S/C12H13Cl2F2NO2/c13-4-5-17(7-11(15)16)12(18)8-19-10-3-1-2-9(14)6-10/h1-3,6,11H,4-5,7-8H2. The number of carbonyl (C=O) groups excluding carboxylic acids is 1. The van der Waals surface area contributed by atoms with E-state index in [4.69, 9.17) is 27.9 Å². The number of amides is 1. The second-order valence-corrected chi connectivity index (χ2v) is 4.48. The third-order valence-electron chi connectivity index (χ3n) is 2.22. The lowest BCUT2D eigenvalue weighted by Gasteiger charge is -2.21. The van der Waals surface area contributed by atoms with Gasteiger partial charge >= 0.3 is 0 Å². The number of benzene rings is 1. The monoisotopic (exact) mass is 311 g/mol. The number of ether oxygens (including phenoxy) is 1. The van der Waals surface area contributed by atoms with Crippen LogP contribution in [0, 0.1) is 0 Å². The first-order valence-corrected chi connectivity index (χ1v) is 6.44. The van der Waals surface area contributed by atoms with Crippen molar-refractivity contribution in [2.75, 3.05) is 25.6 Å². The van der Waals surface area contributed by atoms with Crippen molar-refractivity contribution in [2.45, 2.75) is 6.43 Å². The first-order valence-electron chi connectivity index (χ1n) is 5.53. The third kappa shape index (κ3) is 6.07. The van der Waals surface area contributed by atoms with Crippen LogP contribution in [0.2, 0.25) is 5.02 Å². The Morgan fingerprint density at radius 3 is 2.74 bits per heavy atom. The zero-order valence-corrected chi connectivity index (χ0v) is 11.5. The van der Waals surface area contributed by atoms with E-state index in [-0.39, 0.29) is 19.0 Å². The van der Waals surface area contributed by atoms with Crippen molar-refractivity contribution >= 4 is 29.1 Å². The smallest absolute Gasteiger partial charge is 0.260 e. The van der Waals surface area contributed by atoms with Crippen LogP contribution in [0.3, 0.4) is 0 Å². The summed E-state index contributed by atoms with van der Waals surface area (Å²) in [6.45, 7) is -0.919. The van der Waals surface area contributed by atoms with Crippen molar-refractivity contribution in [2.24, 2.45) is 0 Å². The van der Waals surface area contributed by atoms with Gasteiger partial charge in [0.25, 0.3) is 12.3 Å². The van der Waals surface area contributed by atoms with Crippen molar-refractivity contribution in [1.29, 1.82) is 0 Å². The van der Waals surface area contributed by atoms with E-state index in [1.165, 1.54) is 6.07 Å². The molecular weight excluding hydrogens is 299 g/mol. The van der Waals surface area contributed by atoms with Gasteiger partial charge < -0.3 is 9.64 Å². The van der Waals surface area contributed by atoms with Crippen molar-refractivity contribution in [3.8, 4) is 5.75 Å². The molecule has 1 rings (SSSR count). The van der Waals surface area contributed by atoms with E-state index >= 15 is 0 Å². The highest BCUT2D eigenvalue weighted by molar-refractivity contribution is 6.30. The maximum Gasteiger partial charge on any atom is 0.260 e. The summed E-state index contributed by atoms with van der Waals surface area (Å²) in [5, 5.41) is 0.468. The number of halogens is 4. The molecule has 0 saturated heterocycles. The molecule has 1 aromatic rings. The average Bonchev–Trinajstić information content (AvgIpc) is 2.35. The molecule has 0 aromatic heterocycles. The molecule has 0 aliphatic carbocycles. The molecule has 1 aromatic carbocycles. The van der Waals surface area contributed by atoms with E-state index in [9.17, 15) is 13.6 Å². The molecule has 0 saturated carbocycles. The van der Waals surface area contributed by atoms with Crippen molar-refractivity contribution < 1.29 is 18.3 Å². The van der Waals surface area contributed by atoms with E-state index in [0.29, 0.717) is 10.8 Å². The van der Waals surface area contributed by atoms with Gasteiger partial charge in [0.1, 0.15) is 5.75 Å². The number of hydrogen-bond acceptors (Lipinski definition) is 2. The zero-order chi connectivity index (χ0) is 14.3. The van der Waals surface area contributed by atoms with Crippen molar-refractivity contribution in [1.82, 2.24) is 4.90 Å². The van der Waals surface area contributed by atoms with Crippen LogP contribution >= 0.6 is 23.2 Å². The van der Waals surface area contributed by atoms with Gasteiger partial charge in [0.15, 0.2) is 6.61 Å². The Labute approximate surface area is 120 Å². The van der Waals surface area contributed by atoms with E-state index in [2.05, 4.69) is 0 Å². The predicted molar refractivity (Wildman–Crippen MR) is 70.3 cm³/mol. The Morgan fingerprint density at radius 1 is 1.42 bits per heavy atom. The van der Waals surface area contributed by atoms with Gasteiger partial charge in [-0.25, -0.2) is 8.78 Å². The fourth-order valence-corrected chi connectivity index (χ4v) is 1.76. The van der Waals surface area contributed by atoms with E-state index in [0.717, 1.165) is 4.90 Å². The van der Waals surface area contributed by atoms with Crippen LogP contribution in [-0.2, 0) is 4.79 Å². The van der Waals surface area contributed by atoms with Gasteiger partial charge in [-0.15, -0.1) is 11.6 Å². The number of alkyl halides is 3. The van der Waals surface area contributed by atoms with E-state index in [1.54, 1.807) is 18.2 Å². The largest absolute Gasteiger partial charge is 0.484 e. The fourth-order valence-electron chi connectivity index (χ4n) is 1.38. The lowest BCUT2D eigenvalue weighted by molar-refractivity contribution is -0.135. The summed E-state index contributed by atoms with van der Waals surface area (Å²) in [5.41, 5.74) is 0. The van der Waals surface area contributed by atoms with Crippen molar-refractivity contribution in [3.63, 3.8) is 0 Å². The molecule has 0 N–H and O–H groups in total. The predicted octanol–water partition coefficient (Wildman–Crippen LogP) is 3.05. The number of nitrogens with zero attached hydrogens (tertiary/aromatic N) is 1. The molecule has 19 heavy (non-hydrogen) atoms. The van der Waals surface area contributed by atoms with Crippen LogP contribution in [0.5, 0.6) is 5.75 Å². The van der Waals surface area contributed by atoms with Crippen LogP contribution in [-0.4, -0.2) is 42.8 Å². The highest BCUT2D eigenvalue weighted by Crippen LogP contribution is 2.17. The lowest BCUT2D eigenvalue weighted by Crippen LogP contribution is -2.39. The highest BCUT2D eigenvalue weighted by Gasteiger charge is 2.18. The maximum absolute atomic E-state index is 12.3. The first-order chi connectivity index (χ1) is 9.02. The molecule has 0 bridgehead atoms. The molecule has 0 unspecified atom stereocenters. The fraction of sp³-hybridized carbons (Fsp3) is 0.417. The summed E-state index contributed by atoms with van der Waals surface area (Å²) in [5.74, 6) is -0.0417. The van der Waals surface area contributed by atoms with Crippen LogP contribution in [0.25, 0.3) is 0 Å². The number of carbonyl (C=O) groups is 1. The number of rotatable bonds is 7. The summed E-state index contributed by atoms with van der Waals surface area (Å²) < 4.78 is 29.8. The van der Waals surface area contributed by atoms with Crippen LogP contribution in [0.1, 0.15) is 0 Å². The molecule has 1 amide bonds. The van der Waals surface area contributed by atoms with Crippen LogP contribution in [0.4, 0.5) is 8.78 Å².